The van der Waals surface area contributed by atoms with Crippen LogP contribution in [0.15, 0.2) is 0 Å². The van der Waals surface area contributed by atoms with Gasteiger partial charge in [0.15, 0.2) is 0 Å². The maximum atomic E-state index is 12.9. The van der Waals surface area contributed by atoms with Gasteiger partial charge in [-0.1, -0.05) is 6.92 Å². The summed E-state index contributed by atoms with van der Waals surface area (Å²) in [4.78, 5) is 26.7. The molecule has 0 aliphatic heterocycles. The molecule has 24 heavy (non-hydrogen) atoms. The lowest BCUT2D eigenvalue weighted by atomic mass is 9.53. The number of nitrogens with one attached hydrogen (secondary N) is 2. The Hall–Kier alpha value is -1.10. The minimum atomic E-state index is -0.259. The smallest absolute Gasteiger partial charge is 0.237 e. The SMILES string of the molecule is CCNC(=O)CN(CC)[C@H](C)C(=O)NC12CC3CC(CC(C3)C1)C2. The molecule has 2 amide bonds. The molecule has 0 saturated heterocycles. The number of rotatable bonds is 7. The van der Waals surface area contributed by atoms with Crippen LogP contribution in [-0.4, -0.2) is 47.9 Å². The molecular weight excluding hydrogens is 302 g/mol. The Morgan fingerprint density at radius 2 is 1.62 bits per heavy atom. The molecule has 0 heterocycles. The van der Waals surface area contributed by atoms with Crippen molar-refractivity contribution in [2.45, 2.75) is 70.9 Å². The Morgan fingerprint density at radius 3 is 2.08 bits per heavy atom. The van der Waals surface area contributed by atoms with Crippen molar-refractivity contribution >= 4 is 11.8 Å². The van der Waals surface area contributed by atoms with E-state index < -0.39 is 0 Å². The van der Waals surface area contributed by atoms with Crippen LogP contribution in [0.25, 0.3) is 0 Å². The quantitative estimate of drug-likeness (QED) is 0.747. The third-order valence-corrected chi connectivity index (χ3v) is 6.48. The first kappa shape index (κ1) is 17.7. The van der Waals surface area contributed by atoms with E-state index >= 15 is 0 Å². The molecule has 4 bridgehead atoms. The highest BCUT2D eigenvalue weighted by Gasteiger charge is 2.51. The maximum absolute atomic E-state index is 12.9. The first-order valence-corrected chi connectivity index (χ1v) is 9.77. The van der Waals surface area contributed by atoms with E-state index in [1.807, 2.05) is 25.7 Å². The molecule has 4 aliphatic carbocycles. The highest BCUT2D eigenvalue weighted by molar-refractivity contribution is 5.84. The molecule has 0 aromatic heterocycles. The van der Waals surface area contributed by atoms with Gasteiger partial charge in [0.2, 0.25) is 11.8 Å². The summed E-state index contributed by atoms with van der Waals surface area (Å²) < 4.78 is 0. The molecule has 4 aliphatic rings. The van der Waals surface area contributed by atoms with Gasteiger partial charge in [0.05, 0.1) is 12.6 Å². The van der Waals surface area contributed by atoms with Gasteiger partial charge in [0.1, 0.15) is 0 Å². The van der Waals surface area contributed by atoms with Crippen LogP contribution in [0.4, 0.5) is 0 Å². The van der Waals surface area contributed by atoms with Crippen molar-refractivity contribution in [2.24, 2.45) is 17.8 Å². The van der Waals surface area contributed by atoms with E-state index in [-0.39, 0.29) is 23.4 Å². The zero-order valence-corrected chi connectivity index (χ0v) is 15.4. The maximum Gasteiger partial charge on any atom is 0.237 e. The van der Waals surface area contributed by atoms with E-state index in [9.17, 15) is 9.59 Å². The molecule has 0 aromatic carbocycles. The number of carbonyl (C=O) groups is 2. The van der Waals surface area contributed by atoms with Crippen molar-refractivity contribution in [3.05, 3.63) is 0 Å². The van der Waals surface area contributed by atoms with E-state index in [4.69, 9.17) is 0 Å². The summed E-state index contributed by atoms with van der Waals surface area (Å²) in [6.07, 6.45) is 7.63. The van der Waals surface area contributed by atoms with Gasteiger partial charge in [-0.2, -0.15) is 0 Å². The summed E-state index contributed by atoms with van der Waals surface area (Å²) in [7, 11) is 0. The normalized spacial score (nSPS) is 35.1. The molecular formula is C19H33N3O2. The summed E-state index contributed by atoms with van der Waals surface area (Å²) in [5, 5.41) is 6.25. The van der Waals surface area contributed by atoms with Gasteiger partial charge in [-0.15, -0.1) is 0 Å². The molecule has 5 nitrogen and oxygen atoms in total. The first-order valence-electron chi connectivity index (χ1n) is 9.77. The van der Waals surface area contributed by atoms with E-state index in [1.54, 1.807) is 0 Å². The van der Waals surface area contributed by atoms with Gasteiger partial charge in [0.25, 0.3) is 0 Å². The molecule has 136 valence electrons. The van der Waals surface area contributed by atoms with E-state index in [1.165, 1.54) is 38.5 Å². The van der Waals surface area contributed by atoms with Gasteiger partial charge in [-0.25, -0.2) is 0 Å². The Bertz CT molecular complexity index is 456. The molecule has 0 spiro atoms. The second-order valence-electron chi connectivity index (χ2n) is 8.38. The van der Waals surface area contributed by atoms with Crippen molar-refractivity contribution in [3.63, 3.8) is 0 Å². The predicted octanol–water partition coefficient (Wildman–Crippen LogP) is 1.92. The highest BCUT2D eigenvalue weighted by atomic mass is 16.2. The zero-order chi connectivity index (χ0) is 17.3. The molecule has 4 saturated carbocycles. The van der Waals surface area contributed by atoms with E-state index in [0.717, 1.165) is 17.8 Å². The van der Waals surface area contributed by atoms with Crippen LogP contribution in [0.3, 0.4) is 0 Å². The van der Waals surface area contributed by atoms with Gasteiger partial charge in [-0.3, -0.25) is 14.5 Å². The van der Waals surface area contributed by atoms with Crippen LogP contribution in [-0.2, 0) is 9.59 Å². The number of hydrogen-bond donors (Lipinski definition) is 2. The summed E-state index contributed by atoms with van der Waals surface area (Å²) in [5.74, 6) is 2.57. The van der Waals surface area contributed by atoms with Crippen LogP contribution in [0.2, 0.25) is 0 Å². The van der Waals surface area contributed by atoms with Crippen molar-refractivity contribution in [1.82, 2.24) is 15.5 Å². The second-order valence-corrected chi connectivity index (χ2v) is 8.38. The molecule has 4 rings (SSSR count). The van der Waals surface area contributed by atoms with Gasteiger partial charge in [-0.05, 0) is 76.7 Å². The Balaban J connectivity index is 1.60. The zero-order valence-electron chi connectivity index (χ0n) is 15.4. The Kier molecular flexibility index (Phi) is 5.19. The molecule has 4 fully saturated rings. The standard InChI is InChI=1S/C19H33N3O2/c1-4-20-17(23)12-22(5-2)13(3)18(24)21-19-9-14-6-15(10-19)8-16(7-14)11-19/h13-16H,4-12H2,1-3H3,(H,20,23)(H,21,24)/t13-,14?,15?,16?,19?/m1/s1. The van der Waals surface area contributed by atoms with Crippen molar-refractivity contribution in [3.8, 4) is 0 Å². The van der Waals surface area contributed by atoms with E-state index in [2.05, 4.69) is 10.6 Å². The molecule has 0 aromatic rings. The Morgan fingerprint density at radius 1 is 1.08 bits per heavy atom. The molecule has 5 heteroatoms. The van der Waals surface area contributed by atoms with E-state index in [0.29, 0.717) is 19.6 Å². The van der Waals surface area contributed by atoms with Crippen LogP contribution in [0.1, 0.15) is 59.3 Å². The summed E-state index contributed by atoms with van der Waals surface area (Å²) in [6.45, 7) is 7.47. The van der Waals surface area contributed by atoms with Gasteiger partial charge < -0.3 is 10.6 Å². The van der Waals surface area contributed by atoms with Crippen LogP contribution >= 0.6 is 0 Å². The van der Waals surface area contributed by atoms with Gasteiger partial charge in [0, 0.05) is 12.1 Å². The lowest BCUT2D eigenvalue weighted by Gasteiger charge is -2.57. The molecule has 2 N–H and O–H groups in total. The number of amides is 2. The number of likely N-dealkylation sites (N-methyl/N-ethyl adjacent to an activating group) is 2. The lowest BCUT2D eigenvalue weighted by Crippen LogP contribution is -2.62. The fraction of sp³-hybridized carbons (Fsp3) is 0.895. The Labute approximate surface area is 145 Å². The molecule has 0 unspecified atom stereocenters. The van der Waals surface area contributed by atoms with Crippen molar-refractivity contribution in [1.29, 1.82) is 0 Å². The minimum absolute atomic E-state index is 0.00574. The predicted molar refractivity (Wildman–Crippen MR) is 94.4 cm³/mol. The number of hydrogen-bond acceptors (Lipinski definition) is 3. The first-order chi connectivity index (χ1) is 11.4. The fourth-order valence-electron chi connectivity index (χ4n) is 5.76. The van der Waals surface area contributed by atoms with Crippen LogP contribution in [0, 0.1) is 17.8 Å². The average molecular weight is 335 g/mol. The van der Waals surface area contributed by atoms with Crippen molar-refractivity contribution < 1.29 is 9.59 Å². The number of nitrogens with zero attached hydrogens (tertiary/aromatic N) is 1. The summed E-state index contributed by atoms with van der Waals surface area (Å²) in [5.41, 5.74) is 0.0468. The second kappa shape index (κ2) is 7.03. The number of carbonyl (C=O) groups excluding carboxylic acids is 2. The molecule has 0 radical (unpaired) electrons. The molecule has 1 atom stereocenters. The monoisotopic (exact) mass is 335 g/mol. The average Bonchev–Trinajstić information content (AvgIpc) is 2.50. The minimum Gasteiger partial charge on any atom is -0.355 e. The lowest BCUT2D eigenvalue weighted by molar-refractivity contribution is -0.132. The third-order valence-electron chi connectivity index (χ3n) is 6.48. The fourth-order valence-corrected chi connectivity index (χ4v) is 5.76. The van der Waals surface area contributed by atoms with Crippen LogP contribution in [0.5, 0.6) is 0 Å². The van der Waals surface area contributed by atoms with Crippen molar-refractivity contribution in [2.75, 3.05) is 19.6 Å². The largest absolute Gasteiger partial charge is 0.355 e. The summed E-state index contributed by atoms with van der Waals surface area (Å²) >= 11 is 0. The van der Waals surface area contributed by atoms with Crippen LogP contribution < -0.4 is 10.6 Å². The topological polar surface area (TPSA) is 61.4 Å². The van der Waals surface area contributed by atoms with Gasteiger partial charge >= 0.3 is 0 Å². The highest BCUT2D eigenvalue weighted by Crippen LogP contribution is 2.55. The summed E-state index contributed by atoms with van der Waals surface area (Å²) in [6, 6.07) is -0.259. The third kappa shape index (κ3) is 3.61.